The van der Waals surface area contributed by atoms with Crippen LogP contribution in [0.25, 0.3) is 0 Å². The van der Waals surface area contributed by atoms with E-state index in [1.54, 1.807) is 0 Å². The molecule has 4 N–H and O–H groups in total. The Kier molecular flexibility index (Phi) is 8.22. The average Bonchev–Trinajstić information content (AvgIpc) is 2.48. The van der Waals surface area contributed by atoms with Crippen LogP contribution in [0.15, 0.2) is 24.3 Å². The first kappa shape index (κ1) is 20.5. The summed E-state index contributed by atoms with van der Waals surface area (Å²) >= 11 is 0. The monoisotopic (exact) mass is 335 g/mol. The summed E-state index contributed by atoms with van der Waals surface area (Å²) in [5.41, 5.74) is 7.57. The molecular formula is C19H33N3O2. The second-order valence-corrected chi connectivity index (χ2v) is 7.54. The topological polar surface area (TPSA) is 76.4 Å². The third-order valence-electron chi connectivity index (χ3n) is 3.84. The standard InChI is InChI=1S/C19H33N3O2/c1-14(2)17(10-20)13-21-11-15-6-8-16(9-7-15)12-22-18(23)24-19(3,4)5/h6-9,14,17,21H,10-13,20H2,1-5H3,(H,22,23). The molecule has 0 bridgehead atoms. The maximum absolute atomic E-state index is 11.6. The fourth-order valence-corrected chi connectivity index (χ4v) is 2.26. The van der Waals surface area contributed by atoms with E-state index in [0.717, 1.165) is 18.7 Å². The van der Waals surface area contributed by atoms with Gasteiger partial charge in [-0.3, -0.25) is 0 Å². The molecule has 0 saturated heterocycles. The van der Waals surface area contributed by atoms with Gasteiger partial charge in [0.2, 0.25) is 0 Å². The van der Waals surface area contributed by atoms with Gasteiger partial charge in [-0.1, -0.05) is 38.1 Å². The third kappa shape index (κ3) is 8.31. The number of alkyl carbamates (subject to hydrolysis) is 1. The van der Waals surface area contributed by atoms with Gasteiger partial charge in [-0.05, 0) is 56.8 Å². The minimum Gasteiger partial charge on any atom is -0.444 e. The largest absolute Gasteiger partial charge is 0.444 e. The molecule has 1 aromatic carbocycles. The van der Waals surface area contributed by atoms with Gasteiger partial charge < -0.3 is 21.1 Å². The molecule has 5 heteroatoms. The van der Waals surface area contributed by atoms with Gasteiger partial charge in [0.05, 0.1) is 0 Å². The van der Waals surface area contributed by atoms with Gasteiger partial charge in [0, 0.05) is 13.1 Å². The lowest BCUT2D eigenvalue weighted by molar-refractivity contribution is 0.0523. The van der Waals surface area contributed by atoms with Crippen LogP contribution < -0.4 is 16.4 Å². The van der Waals surface area contributed by atoms with Gasteiger partial charge in [0.15, 0.2) is 0 Å². The zero-order valence-corrected chi connectivity index (χ0v) is 15.7. The lowest BCUT2D eigenvalue weighted by atomic mass is 9.96. The fraction of sp³-hybridized carbons (Fsp3) is 0.632. The van der Waals surface area contributed by atoms with Crippen molar-refractivity contribution < 1.29 is 9.53 Å². The first-order valence-electron chi connectivity index (χ1n) is 8.66. The van der Waals surface area contributed by atoms with E-state index in [0.29, 0.717) is 24.9 Å². The highest BCUT2D eigenvalue weighted by molar-refractivity contribution is 5.67. The van der Waals surface area contributed by atoms with Crippen molar-refractivity contribution in [3.63, 3.8) is 0 Å². The van der Waals surface area contributed by atoms with E-state index in [-0.39, 0.29) is 0 Å². The predicted molar refractivity (Wildman–Crippen MR) is 98.6 cm³/mol. The Bertz CT molecular complexity index is 492. The molecule has 0 fully saturated rings. The molecule has 0 aromatic heterocycles. The maximum Gasteiger partial charge on any atom is 0.407 e. The summed E-state index contributed by atoms with van der Waals surface area (Å²) in [5.74, 6) is 1.09. The van der Waals surface area contributed by atoms with Crippen LogP contribution >= 0.6 is 0 Å². The lowest BCUT2D eigenvalue weighted by Crippen LogP contribution is -2.32. The molecule has 0 aliphatic rings. The second-order valence-electron chi connectivity index (χ2n) is 7.54. The van der Waals surface area contributed by atoms with Crippen LogP contribution in [-0.2, 0) is 17.8 Å². The molecule has 0 heterocycles. The zero-order chi connectivity index (χ0) is 18.2. The molecule has 1 atom stereocenters. The van der Waals surface area contributed by atoms with Crippen LogP contribution in [-0.4, -0.2) is 24.8 Å². The van der Waals surface area contributed by atoms with Gasteiger partial charge in [-0.15, -0.1) is 0 Å². The molecule has 136 valence electrons. The first-order chi connectivity index (χ1) is 11.2. The summed E-state index contributed by atoms with van der Waals surface area (Å²) < 4.78 is 5.22. The highest BCUT2D eigenvalue weighted by atomic mass is 16.6. The van der Waals surface area contributed by atoms with Gasteiger partial charge in [-0.2, -0.15) is 0 Å². The number of hydrogen-bond donors (Lipinski definition) is 3. The van der Waals surface area contributed by atoms with E-state index >= 15 is 0 Å². The fourth-order valence-electron chi connectivity index (χ4n) is 2.26. The van der Waals surface area contributed by atoms with Gasteiger partial charge in [0.25, 0.3) is 0 Å². The predicted octanol–water partition coefficient (Wildman–Crippen LogP) is 3.03. The van der Waals surface area contributed by atoms with Gasteiger partial charge in [-0.25, -0.2) is 4.79 Å². The molecule has 5 nitrogen and oxygen atoms in total. The summed E-state index contributed by atoms with van der Waals surface area (Å²) in [6.45, 7) is 12.9. The van der Waals surface area contributed by atoms with E-state index < -0.39 is 11.7 Å². The van der Waals surface area contributed by atoms with Crippen LogP contribution in [0.3, 0.4) is 0 Å². The summed E-state index contributed by atoms with van der Waals surface area (Å²) in [5, 5.41) is 6.22. The minimum atomic E-state index is -0.475. The molecule has 0 saturated carbocycles. The van der Waals surface area contributed by atoms with E-state index in [2.05, 4.69) is 36.6 Å². The smallest absolute Gasteiger partial charge is 0.407 e. The lowest BCUT2D eigenvalue weighted by Gasteiger charge is -2.20. The number of rotatable bonds is 8. The zero-order valence-electron chi connectivity index (χ0n) is 15.7. The Balaban J connectivity index is 2.36. The van der Waals surface area contributed by atoms with E-state index in [1.165, 1.54) is 5.56 Å². The van der Waals surface area contributed by atoms with Crippen molar-refractivity contribution in [2.24, 2.45) is 17.6 Å². The Labute approximate surface area is 146 Å². The summed E-state index contributed by atoms with van der Waals surface area (Å²) in [6, 6.07) is 8.20. The molecular weight excluding hydrogens is 302 g/mol. The van der Waals surface area contributed by atoms with E-state index in [9.17, 15) is 4.79 Å². The van der Waals surface area contributed by atoms with E-state index in [1.807, 2.05) is 32.9 Å². The van der Waals surface area contributed by atoms with Crippen molar-refractivity contribution in [2.45, 2.75) is 53.3 Å². The number of carbonyl (C=O) groups is 1. The quantitative estimate of drug-likeness (QED) is 0.682. The molecule has 24 heavy (non-hydrogen) atoms. The van der Waals surface area contributed by atoms with Crippen molar-refractivity contribution in [3.8, 4) is 0 Å². The highest BCUT2D eigenvalue weighted by Crippen LogP contribution is 2.09. The Hall–Kier alpha value is -1.59. The molecule has 0 aliphatic carbocycles. The van der Waals surface area contributed by atoms with Crippen LogP contribution in [0, 0.1) is 11.8 Å². The maximum atomic E-state index is 11.6. The van der Waals surface area contributed by atoms with Crippen LogP contribution in [0.4, 0.5) is 4.79 Å². The number of amides is 1. The first-order valence-corrected chi connectivity index (χ1v) is 8.66. The molecule has 0 radical (unpaired) electrons. The van der Waals surface area contributed by atoms with Gasteiger partial charge >= 0.3 is 6.09 Å². The normalized spacial score (nSPS) is 13.0. The Morgan fingerprint density at radius 2 is 1.67 bits per heavy atom. The number of ether oxygens (including phenoxy) is 1. The molecule has 0 aliphatic heterocycles. The molecule has 1 amide bonds. The number of nitrogens with one attached hydrogen (secondary N) is 2. The average molecular weight is 335 g/mol. The number of nitrogens with two attached hydrogens (primary N) is 1. The van der Waals surface area contributed by atoms with E-state index in [4.69, 9.17) is 10.5 Å². The van der Waals surface area contributed by atoms with Crippen molar-refractivity contribution >= 4 is 6.09 Å². The summed E-state index contributed by atoms with van der Waals surface area (Å²) in [4.78, 5) is 11.6. The number of benzene rings is 1. The van der Waals surface area contributed by atoms with Crippen LogP contribution in [0.1, 0.15) is 45.7 Å². The van der Waals surface area contributed by atoms with Crippen molar-refractivity contribution in [3.05, 3.63) is 35.4 Å². The van der Waals surface area contributed by atoms with Gasteiger partial charge in [0.1, 0.15) is 5.60 Å². The van der Waals surface area contributed by atoms with Crippen molar-refractivity contribution in [1.29, 1.82) is 0 Å². The van der Waals surface area contributed by atoms with Crippen molar-refractivity contribution in [2.75, 3.05) is 13.1 Å². The molecule has 1 rings (SSSR count). The minimum absolute atomic E-state index is 0.394. The Morgan fingerprint density at radius 1 is 1.12 bits per heavy atom. The molecule has 1 unspecified atom stereocenters. The Morgan fingerprint density at radius 3 is 2.12 bits per heavy atom. The van der Waals surface area contributed by atoms with Crippen molar-refractivity contribution in [1.82, 2.24) is 10.6 Å². The van der Waals surface area contributed by atoms with Crippen LogP contribution in [0.5, 0.6) is 0 Å². The number of carbonyl (C=O) groups excluding carboxylic acids is 1. The number of hydrogen-bond acceptors (Lipinski definition) is 4. The highest BCUT2D eigenvalue weighted by Gasteiger charge is 2.15. The third-order valence-corrected chi connectivity index (χ3v) is 3.84. The summed E-state index contributed by atoms with van der Waals surface area (Å²) in [7, 11) is 0. The summed E-state index contributed by atoms with van der Waals surface area (Å²) in [6.07, 6.45) is -0.394. The molecule has 1 aromatic rings. The van der Waals surface area contributed by atoms with Crippen LogP contribution in [0.2, 0.25) is 0 Å². The SMILES string of the molecule is CC(C)C(CN)CNCc1ccc(CNC(=O)OC(C)(C)C)cc1. The second kappa shape index (κ2) is 9.64. The molecule has 0 spiro atoms.